The van der Waals surface area contributed by atoms with Crippen molar-refractivity contribution >= 4 is 12.6 Å². The zero-order chi connectivity index (χ0) is 16.3. The first-order valence-electron chi connectivity index (χ1n) is 8.37. The van der Waals surface area contributed by atoms with E-state index in [0.717, 1.165) is 11.2 Å². The zero-order valence-corrected chi connectivity index (χ0v) is 15.0. The molecule has 0 bridgehead atoms. The van der Waals surface area contributed by atoms with Gasteiger partial charge in [0.15, 0.2) is 0 Å². The van der Waals surface area contributed by atoms with Gasteiger partial charge in [0.25, 0.3) is 0 Å². The number of hydrogen-bond acceptors (Lipinski definition) is 3. The van der Waals surface area contributed by atoms with Crippen LogP contribution in [0, 0.1) is 0 Å². The Morgan fingerprint density at radius 1 is 1.09 bits per heavy atom. The predicted octanol–water partition coefficient (Wildman–Crippen LogP) is 3.56. The Morgan fingerprint density at radius 3 is 2.09 bits per heavy atom. The molecule has 2 aliphatic rings. The Labute approximate surface area is 135 Å². The van der Waals surface area contributed by atoms with Gasteiger partial charge in [-0.3, -0.25) is 4.98 Å². The number of rotatable bonds is 2. The first kappa shape index (κ1) is 16.0. The van der Waals surface area contributed by atoms with Crippen LogP contribution >= 0.6 is 0 Å². The van der Waals surface area contributed by atoms with E-state index < -0.39 is 0 Å². The lowest BCUT2D eigenvalue weighted by Crippen LogP contribution is -2.41. The van der Waals surface area contributed by atoms with Crippen molar-refractivity contribution in [3.8, 4) is 0 Å². The Morgan fingerprint density at radius 2 is 1.64 bits per heavy atom. The van der Waals surface area contributed by atoms with Crippen LogP contribution in [0.4, 0.5) is 0 Å². The van der Waals surface area contributed by atoms with E-state index in [1.54, 1.807) is 0 Å². The molecule has 0 unspecified atom stereocenters. The lowest BCUT2D eigenvalue weighted by Gasteiger charge is -2.32. The summed E-state index contributed by atoms with van der Waals surface area (Å²) in [6.07, 6.45) is 4.60. The van der Waals surface area contributed by atoms with Gasteiger partial charge in [0.05, 0.1) is 11.2 Å². The van der Waals surface area contributed by atoms with Crippen LogP contribution in [0.25, 0.3) is 0 Å². The Bertz CT molecular complexity index is 569. The largest absolute Gasteiger partial charge is 0.496 e. The maximum atomic E-state index is 6.28. The van der Waals surface area contributed by atoms with Gasteiger partial charge >= 0.3 is 7.12 Å². The summed E-state index contributed by atoms with van der Waals surface area (Å²) < 4.78 is 12.6. The van der Waals surface area contributed by atoms with Crippen LogP contribution in [0.15, 0.2) is 12.3 Å². The van der Waals surface area contributed by atoms with E-state index in [0.29, 0.717) is 5.92 Å². The highest BCUT2D eigenvalue weighted by molar-refractivity contribution is 6.62. The number of pyridine rings is 1. The molecule has 0 N–H and O–H groups in total. The molecule has 0 amide bonds. The zero-order valence-electron chi connectivity index (χ0n) is 15.0. The monoisotopic (exact) mass is 301 g/mol. The van der Waals surface area contributed by atoms with Gasteiger partial charge in [-0.25, -0.2) is 0 Å². The maximum absolute atomic E-state index is 6.28. The van der Waals surface area contributed by atoms with Crippen molar-refractivity contribution in [3.05, 3.63) is 23.5 Å². The molecule has 1 aromatic heterocycles. The van der Waals surface area contributed by atoms with Crippen molar-refractivity contribution < 1.29 is 9.31 Å². The molecule has 3 nitrogen and oxygen atoms in total. The summed E-state index contributed by atoms with van der Waals surface area (Å²) in [6.45, 7) is 15.0. The molecule has 1 saturated heterocycles. The molecule has 0 radical (unpaired) electrons. The highest BCUT2D eigenvalue weighted by atomic mass is 16.7. The average molecular weight is 301 g/mol. The quantitative estimate of drug-likeness (QED) is 0.783. The molecule has 0 spiro atoms. The molecule has 1 aromatic rings. The van der Waals surface area contributed by atoms with Crippen LogP contribution in [-0.4, -0.2) is 23.3 Å². The van der Waals surface area contributed by atoms with Crippen LogP contribution < -0.4 is 5.46 Å². The first-order chi connectivity index (χ1) is 10.0. The van der Waals surface area contributed by atoms with E-state index in [4.69, 9.17) is 14.3 Å². The van der Waals surface area contributed by atoms with Gasteiger partial charge < -0.3 is 9.31 Å². The normalized spacial score (nSPS) is 23.9. The number of aromatic nitrogens is 1. The molecule has 1 saturated carbocycles. The van der Waals surface area contributed by atoms with E-state index in [2.05, 4.69) is 54.5 Å². The molecule has 0 atom stereocenters. The molecule has 3 rings (SSSR count). The summed E-state index contributed by atoms with van der Waals surface area (Å²) in [5, 5.41) is 0. The highest BCUT2D eigenvalue weighted by Gasteiger charge is 2.53. The van der Waals surface area contributed by atoms with Crippen LogP contribution in [-0.2, 0) is 14.7 Å². The first-order valence-corrected chi connectivity index (χ1v) is 8.37. The third-order valence-electron chi connectivity index (χ3n) is 5.20. The molecule has 4 heteroatoms. The summed E-state index contributed by atoms with van der Waals surface area (Å²) >= 11 is 0. The van der Waals surface area contributed by atoms with Gasteiger partial charge in [-0.15, -0.1) is 0 Å². The minimum Gasteiger partial charge on any atom is -0.399 e. The van der Waals surface area contributed by atoms with Gasteiger partial charge in [-0.2, -0.15) is 0 Å². The number of hydrogen-bond donors (Lipinski definition) is 0. The summed E-state index contributed by atoms with van der Waals surface area (Å²) in [7, 11) is -0.328. The third-order valence-corrected chi connectivity index (χ3v) is 5.20. The third kappa shape index (κ3) is 2.72. The Kier molecular flexibility index (Phi) is 3.50. The molecule has 1 aliphatic carbocycles. The predicted molar refractivity (Wildman–Crippen MR) is 90.6 cm³/mol. The molecule has 0 aromatic carbocycles. The second-order valence-corrected chi connectivity index (χ2v) is 8.82. The second-order valence-electron chi connectivity index (χ2n) is 8.82. The van der Waals surface area contributed by atoms with Gasteiger partial charge in [-0.05, 0) is 52.0 Å². The number of nitrogens with zero attached hydrogens (tertiary/aromatic N) is 1. The van der Waals surface area contributed by atoms with Crippen LogP contribution in [0.5, 0.6) is 0 Å². The van der Waals surface area contributed by atoms with E-state index in [1.165, 1.54) is 18.4 Å². The van der Waals surface area contributed by atoms with Gasteiger partial charge in [-0.1, -0.05) is 26.8 Å². The fourth-order valence-corrected chi connectivity index (χ4v) is 2.92. The lowest BCUT2D eigenvalue weighted by molar-refractivity contribution is 0.00578. The fourth-order valence-electron chi connectivity index (χ4n) is 2.92. The van der Waals surface area contributed by atoms with Crippen molar-refractivity contribution in [2.24, 2.45) is 0 Å². The topological polar surface area (TPSA) is 31.4 Å². The molecule has 2 heterocycles. The fraction of sp³-hybridized carbons (Fsp3) is 0.722. The van der Waals surface area contributed by atoms with Crippen LogP contribution in [0.3, 0.4) is 0 Å². The van der Waals surface area contributed by atoms with Crippen molar-refractivity contribution in [3.63, 3.8) is 0 Å². The molecule has 22 heavy (non-hydrogen) atoms. The maximum Gasteiger partial charge on any atom is 0.496 e. The van der Waals surface area contributed by atoms with Gasteiger partial charge in [0.1, 0.15) is 0 Å². The Balaban J connectivity index is 2.03. The Hall–Kier alpha value is -0.865. The standard InChI is InChI=1S/C18H28BNO2/c1-16(2,3)15-14(10-13(11-20-15)12-8-9-12)19-21-17(4,5)18(6,7)22-19/h10-12H,8-9H2,1-7H3. The van der Waals surface area contributed by atoms with Crippen LogP contribution in [0.1, 0.15) is 78.5 Å². The molecule has 1 aliphatic heterocycles. The minimum absolute atomic E-state index is 0.0268. The smallest absolute Gasteiger partial charge is 0.399 e. The van der Waals surface area contributed by atoms with Crippen molar-refractivity contribution in [1.29, 1.82) is 0 Å². The van der Waals surface area contributed by atoms with E-state index in [9.17, 15) is 0 Å². The van der Waals surface area contributed by atoms with E-state index in [1.807, 2.05) is 6.20 Å². The SMILES string of the molecule is CC(C)(C)c1ncc(C2CC2)cc1B1OC(C)(C)C(C)(C)O1. The van der Waals surface area contributed by atoms with Crippen molar-refractivity contribution in [2.45, 2.75) is 83.8 Å². The molecule has 2 fully saturated rings. The molecule has 120 valence electrons. The second kappa shape index (κ2) is 4.81. The summed E-state index contributed by atoms with van der Waals surface area (Å²) in [6, 6.07) is 2.27. The van der Waals surface area contributed by atoms with Crippen molar-refractivity contribution in [1.82, 2.24) is 4.98 Å². The molecular weight excluding hydrogens is 273 g/mol. The lowest BCUT2D eigenvalue weighted by atomic mass is 9.71. The van der Waals surface area contributed by atoms with Gasteiger partial charge in [0.2, 0.25) is 0 Å². The van der Waals surface area contributed by atoms with Crippen LogP contribution in [0.2, 0.25) is 0 Å². The van der Waals surface area contributed by atoms with E-state index in [-0.39, 0.29) is 23.7 Å². The van der Waals surface area contributed by atoms with E-state index >= 15 is 0 Å². The minimum atomic E-state index is -0.328. The van der Waals surface area contributed by atoms with Gasteiger partial charge in [0, 0.05) is 22.8 Å². The highest BCUT2D eigenvalue weighted by Crippen LogP contribution is 2.41. The molecular formula is C18H28BNO2. The average Bonchev–Trinajstić information content (AvgIpc) is 3.16. The summed E-state index contributed by atoms with van der Waals surface area (Å²) in [5.74, 6) is 0.683. The van der Waals surface area contributed by atoms with Crippen molar-refractivity contribution in [2.75, 3.05) is 0 Å². The summed E-state index contributed by atoms with van der Waals surface area (Å²) in [4.78, 5) is 4.79. The summed E-state index contributed by atoms with van der Waals surface area (Å²) in [5.41, 5.74) is 2.86.